The lowest BCUT2D eigenvalue weighted by molar-refractivity contribution is -0.144. The molecule has 2 aromatic carbocycles. The predicted octanol–water partition coefficient (Wildman–Crippen LogP) is 5.47. The van der Waals surface area contributed by atoms with Crippen LogP contribution >= 0.6 is 0 Å². The quantitative estimate of drug-likeness (QED) is 0.416. The fourth-order valence-electron chi connectivity index (χ4n) is 7.16. The summed E-state index contributed by atoms with van der Waals surface area (Å²) in [4.78, 5) is 21.6. The van der Waals surface area contributed by atoms with Crippen LogP contribution in [-0.2, 0) is 29.1 Å². The number of aliphatic carboxylic acids is 1. The molecule has 7 rings (SSSR count). The van der Waals surface area contributed by atoms with Crippen LogP contribution in [0.4, 0.5) is 5.82 Å². The summed E-state index contributed by atoms with van der Waals surface area (Å²) in [6, 6.07) is 19.9. The minimum absolute atomic E-state index is 0.221. The number of hydrogen-bond acceptors (Lipinski definition) is 6. The molecule has 3 fully saturated rings. The summed E-state index contributed by atoms with van der Waals surface area (Å²) < 4.78 is 12.0. The van der Waals surface area contributed by atoms with Gasteiger partial charge in [-0.2, -0.15) is 0 Å². The van der Waals surface area contributed by atoms with Gasteiger partial charge >= 0.3 is 5.97 Å². The third-order valence-corrected chi connectivity index (χ3v) is 9.81. The van der Waals surface area contributed by atoms with Crippen LogP contribution in [0.3, 0.4) is 0 Å². The number of carboxylic acid groups (broad SMARTS) is 1. The van der Waals surface area contributed by atoms with E-state index in [1.165, 1.54) is 16.7 Å². The second-order valence-electron chi connectivity index (χ2n) is 12.4. The van der Waals surface area contributed by atoms with E-state index in [1.807, 2.05) is 18.2 Å². The zero-order valence-electron chi connectivity index (χ0n) is 23.8. The van der Waals surface area contributed by atoms with Crippen LogP contribution in [0.1, 0.15) is 47.9 Å². The molecule has 0 amide bonds. The number of carbonyl (C=O) groups is 1. The van der Waals surface area contributed by atoms with Crippen molar-refractivity contribution in [2.75, 3.05) is 37.7 Å². The van der Waals surface area contributed by atoms with Crippen LogP contribution < -0.4 is 9.64 Å². The molecule has 0 radical (unpaired) electrons. The summed E-state index contributed by atoms with van der Waals surface area (Å²) in [7, 11) is 0. The van der Waals surface area contributed by atoms with Crippen LogP contribution in [0.2, 0.25) is 0 Å². The van der Waals surface area contributed by atoms with Gasteiger partial charge in [-0.15, -0.1) is 0 Å². The number of pyridine rings is 1. The van der Waals surface area contributed by atoms with E-state index >= 15 is 0 Å². The standard InChI is InChI=1S/C34H39N3O4/c1-23-5-8-31(41-22-24-6-7-26-20-36(13-9-25(26)18-24)28-10-15-40-16-11-28)29(17-23)30-3-2-4-32(35-30)37-14-12-34(33(38)39)19-27(34)21-37/h2-8,17-18,27-28H,9-16,19-22H2,1H3,(H,38,39)/t27-,34+/m0/s1. The first-order chi connectivity index (χ1) is 20.0. The Labute approximate surface area is 242 Å². The third kappa shape index (κ3) is 5.22. The number of piperidine rings is 1. The second kappa shape index (κ2) is 10.8. The predicted molar refractivity (Wildman–Crippen MR) is 158 cm³/mol. The van der Waals surface area contributed by atoms with Crippen LogP contribution in [-0.4, -0.2) is 59.8 Å². The fraction of sp³-hybridized carbons (Fsp3) is 0.471. The Bertz CT molecular complexity index is 1450. The summed E-state index contributed by atoms with van der Waals surface area (Å²) in [6.45, 7) is 7.99. The highest BCUT2D eigenvalue weighted by Crippen LogP contribution is 2.58. The van der Waals surface area contributed by atoms with Crippen molar-refractivity contribution in [1.29, 1.82) is 0 Å². The Morgan fingerprint density at radius 2 is 1.98 bits per heavy atom. The third-order valence-electron chi connectivity index (χ3n) is 9.81. The lowest BCUT2D eigenvalue weighted by atomic mass is 9.95. The fourth-order valence-corrected chi connectivity index (χ4v) is 7.16. The van der Waals surface area contributed by atoms with E-state index in [2.05, 4.69) is 53.1 Å². The van der Waals surface area contributed by atoms with Crippen molar-refractivity contribution < 1.29 is 19.4 Å². The molecule has 214 valence electrons. The number of fused-ring (bicyclic) bond motifs is 2. The average Bonchev–Trinajstić information content (AvgIpc) is 3.76. The molecular weight excluding hydrogens is 514 g/mol. The first kappa shape index (κ1) is 26.5. The van der Waals surface area contributed by atoms with Gasteiger partial charge in [0.2, 0.25) is 0 Å². The maximum atomic E-state index is 11.7. The maximum absolute atomic E-state index is 11.7. The molecule has 7 nitrogen and oxygen atoms in total. The van der Waals surface area contributed by atoms with Gasteiger partial charge in [-0.1, -0.05) is 35.9 Å². The van der Waals surface area contributed by atoms with Crippen molar-refractivity contribution in [3.8, 4) is 17.0 Å². The smallest absolute Gasteiger partial charge is 0.310 e. The van der Waals surface area contributed by atoms with Crippen LogP contribution in [0.5, 0.6) is 5.75 Å². The van der Waals surface area contributed by atoms with E-state index in [0.29, 0.717) is 19.1 Å². The summed E-state index contributed by atoms with van der Waals surface area (Å²) in [5, 5.41) is 9.64. The number of carboxylic acids is 1. The monoisotopic (exact) mass is 553 g/mol. The Balaban J connectivity index is 1.05. The zero-order valence-corrected chi connectivity index (χ0v) is 23.8. The van der Waals surface area contributed by atoms with Crippen LogP contribution in [0, 0.1) is 18.3 Å². The number of benzene rings is 2. The van der Waals surface area contributed by atoms with E-state index in [9.17, 15) is 9.90 Å². The second-order valence-corrected chi connectivity index (χ2v) is 12.4. The first-order valence-corrected chi connectivity index (χ1v) is 15.1. The molecule has 1 saturated carbocycles. The zero-order chi connectivity index (χ0) is 28.0. The van der Waals surface area contributed by atoms with Gasteiger partial charge in [-0.3, -0.25) is 9.69 Å². The van der Waals surface area contributed by atoms with E-state index < -0.39 is 11.4 Å². The van der Waals surface area contributed by atoms with Gasteiger partial charge in [0.1, 0.15) is 18.2 Å². The van der Waals surface area contributed by atoms with Gasteiger partial charge in [0.15, 0.2) is 0 Å². The molecule has 0 spiro atoms. The summed E-state index contributed by atoms with van der Waals surface area (Å²) in [5.41, 5.74) is 6.60. The van der Waals surface area contributed by atoms with Crippen molar-refractivity contribution >= 4 is 11.8 Å². The number of anilines is 1. The van der Waals surface area contributed by atoms with E-state index in [0.717, 1.165) is 93.5 Å². The summed E-state index contributed by atoms with van der Waals surface area (Å²) in [6.07, 6.45) is 4.83. The SMILES string of the molecule is Cc1ccc(OCc2ccc3c(c2)CCN(C2CCOCC2)C3)c(-c2cccc(N3CC[C@@]4(C(=O)O)C[C@H]4C3)n2)c1. The van der Waals surface area contributed by atoms with Gasteiger partial charge in [0.25, 0.3) is 0 Å². The molecule has 1 aromatic heterocycles. The highest BCUT2D eigenvalue weighted by Gasteiger charge is 2.62. The lowest BCUT2D eigenvalue weighted by Crippen LogP contribution is -2.42. The number of aromatic nitrogens is 1. The molecular formula is C34H39N3O4. The van der Waals surface area contributed by atoms with Gasteiger partial charge in [0.05, 0.1) is 11.1 Å². The Morgan fingerprint density at radius 3 is 2.80 bits per heavy atom. The van der Waals surface area contributed by atoms with Crippen molar-refractivity contribution in [3.05, 3.63) is 76.9 Å². The van der Waals surface area contributed by atoms with Crippen LogP contribution in [0.25, 0.3) is 11.3 Å². The molecule has 3 aliphatic heterocycles. The topological polar surface area (TPSA) is 75.1 Å². The van der Waals surface area contributed by atoms with Crippen molar-refractivity contribution in [2.24, 2.45) is 11.3 Å². The van der Waals surface area contributed by atoms with Gasteiger partial charge < -0.3 is 19.5 Å². The average molecular weight is 554 g/mol. The molecule has 4 heterocycles. The van der Waals surface area contributed by atoms with Gasteiger partial charge in [-0.05, 0) is 85.9 Å². The molecule has 0 bridgehead atoms. The molecule has 2 saturated heterocycles. The molecule has 3 aromatic rings. The molecule has 1 N–H and O–H groups in total. The number of hydrogen-bond donors (Lipinski definition) is 1. The number of ether oxygens (including phenoxy) is 2. The minimum atomic E-state index is -0.638. The normalized spacial score (nSPS) is 24.4. The maximum Gasteiger partial charge on any atom is 0.310 e. The highest BCUT2D eigenvalue weighted by molar-refractivity contribution is 5.79. The van der Waals surface area contributed by atoms with E-state index in [-0.39, 0.29) is 5.92 Å². The minimum Gasteiger partial charge on any atom is -0.488 e. The van der Waals surface area contributed by atoms with Crippen molar-refractivity contribution in [2.45, 2.75) is 58.2 Å². The summed E-state index contributed by atoms with van der Waals surface area (Å²) >= 11 is 0. The van der Waals surface area contributed by atoms with E-state index in [4.69, 9.17) is 14.5 Å². The first-order valence-electron chi connectivity index (χ1n) is 15.1. The van der Waals surface area contributed by atoms with Crippen molar-refractivity contribution in [1.82, 2.24) is 9.88 Å². The van der Waals surface area contributed by atoms with Gasteiger partial charge in [-0.25, -0.2) is 4.98 Å². The Kier molecular flexibility index (Phi) is 6.95. The Morgan fingerprint density at radius 1 is 1.10 bits per heavy atom. The molecule has 41 heavy (non-hydrogen) atoms. The largest absolute Gasteiger partial charge is 0.488 e. The molecule has 2 atom stereocenters. The van der Waals surface area contributed by atoms with Crippen molar-refractivity contribution in [3.63, 3.8) is 0 Å². The number of nitrogens with zero attached hydrogens (tertiary/aromatic N) is 3. The number of aryl methyl sites for hydroxylation is 1. The van der Waals surface area contributed by atoms with Gasteiger partial charge in [0, 0.05) is 51.0 Å². The molecule has 0 unspecified atom stereocenters. The highest BCUT2D eigenvalue weighted by atomic mass is 16.5. The molecule has 4 aliphatic rings. The Hall–Kier alpha value is -3.42. The van der Waals surface area contributed by atoms with E-state index in [1.54, 1.807) is 0 Å². The molecule has 7 heteroatoms. The summed E-state index contributed by atoms with van der Waals surface area (Å²) in [5.74, 6) is 1.32. The number of rotatable bonds is 7. The van der Waals surface area contributed by atoms with Crippen LogP contribution in [0.15, 0.2) is 54.6 Å². The molecule has 1 aliphatic carbocycles. The lowest BCUT2D eigenvalue weighted by Gasteiger charge is -2.37.